The van der Waals surface area contributed by atoms with Crippen molar-refractivity contribution < 1.29 is 28.7 Å². The van der Waals surface area contributed by atoms with E-state index in [0.29, 0.717) is 45.6 Å². The molecule has 0 radical (unpaired) electrons. The molecule has 1 aliphatic rings. The van der Waals surface area contributed by atoms with Crippen molar-refractivity contribution in [3.05, 3.63) is 71.8 Å². The zero-order valence-electron chi connectivity index (χ0n) is 24.8. The number of hydrogen-bond donors (Lipinski definition) is 3. The molecule has 2 unspecified atom stereocenters. The minimum atomic E-state index is -0.918. The molecule has 1 heterocycles. The number of rotatable bonds is 15. The van der Waals surface area contributed by atoms with Crippen LogP contribution >= 0.6 is 0 Å². The van der Waals surface area contributed by atoms with E-state index in [4.69, 9.17) is 9.47 Å². The number of methoxy groups -OCH3 is 1. The van der Waals surface area contributed by atoms with Gasteiger partial charge in [0.1, 0.15) is 18.1 Å². The van der Waals surface area contributed by atoms with Crippen LogP contribution in [0.3, 0.4) is 0 Å². The van der Waals surface area contributed by atoms with Crippen LogP contribution in [0.15, 0.2) is 60.7 Å². The van der Waals surface area contributed by atoms with Gasteiger partial charge in [-0.1, -0.05) is 74.5 Å². The Balaban J connectivity index is 1.72. The molecule has 3 amide bonds. The number of amides is 3. The number of hydrogen-bond acceptors (Lipinski definition) is 7. The van der Waals surface area contributed by atoms with Crippen molar-refractivity contribution in [3.8, 4) is 0 Å². The average Bonchev–Trinajstić information content (AvgIpc) is 2.99. The summed E-state index contributed by atoms with van der Waals surface area (Å²) < 4.78 is 10.3. The van der Waals surface area contributed by atoms with Gasteiger partial charge in [0, 0.05) is 19.5 Å². The molecule has 2 aromatic carbocycles. The lowest BCUT2D eigenvalue weighted by Gasteiger charge is -2.28. The lowest BCUT2D eigenvalue weighted by atomic mass is 10.00. The first-order chi connectivity index (χ1) is 20.2. The van der Waals surface area contributed by atoms with Gasteiger partial charge in [-0.25, -0.2) is 4.79 Å². The van der Waals surface area contributed by atoms with Crippen molar-refractivity contribution in [2.45, 2.75) is 57.7 Å². The van der Waals surface area contributed by atoms with Crippen LogP contribution in [0.2, 0.25) is 0 Å². The van der Waals surface area contributed by atoms with E-state index in [-0.39, 0.29) is 24.8 Å². The second-order valence-corrected chi connectivity index (χ2v) is 11.0. The van der Waals surface area contributed by atoms with Crippen molar-refractivity contribution in [2.75, 3.05) is 40.0 Å². The summed E-state index contributed by atoms with van der Waals surface area (Å²) in [4.78, 5) is 54.6. The van der Waals surface area contributed by atoms with Crippen molar-refractivity contribution in [1.29, 1.82) is 0 Å². The van der Waals surface area contributed by atoms with Crippen LogP contribution in [-0.4, -0.2) is 86.7 Å². The molecule has 42 heavy (non-hydrogen) atoms. The molecule has 10 nitrogen and oxygen atoms in total. The van der Waals surface area contributed by atoms with Crippen LogP contribution < -0.4 is 16.0 Å². The SMILES string of the molecule is COC(=O)C(Cc1ccccc1)NC(=O)[C@H](CC(C)C)NC(=O)C(CCc1ccccc1)NC(=O)CN1CCOCC1. The number of esters is 1. The summed E-state index contributed by atoms with van der Waals surface area (Å²) in [7, 11) is 1.27. The van der Waals surface area contributed by atoms with Gasteiger partial charge in [-0.15, -0.1) is 0 Å². The van der Waals surface area contributed by atoms with Crippen LogP contribution in [0.25, 0.3) is 0 Å². The minimum absolute atomic E-state index is 0.0745. The first kappa shape index (κ1) is 32.8. The maximum Gasteiger partial charge on any atom is 0.328 e. The van der Waals surface area contributed by atoms with Crippen molar-refractivity contribution in [2.24, 2.45) is 5.92 Å². The highest BCUT2D eigenvalue weighted by Gasteiger charge is 2.31. The molecule has 1 fully saturated rings. The molecule has 0 bridgehead atoms. The van der Waals surface area contributed by atoms with Gasteiger partial charge < -0.3 is 25.4 Å². The van der Waals surface area contributed by atoms with Gasteiger partial charge in [0.25, 0.3) is 0 Å². The molecule has 1 saturated heterocycles. The topological polar surface area (TPSA) is 126 Å². The summed E-state index contributed by atoms with van der Waals surface area (Å²) in [5.41, 5.74) is 1.90. The highest BCUT2D eigenvalue weighted by Crippen LogP contribution is 2.11. The van der Waals surface area contributed by atoms with Gasteiger partial charge in [0.05, 0.1) is 26.9 Å². The maximum atomic E-state index is 13.6. The predicted molar refractivity (Wildman–Crippen MR) is 159 cm³/mol. The summed E-state index contributed by atoms with van der Waals surface area (Å²) in [6.07, 6.45) is 1.53. The van der Waals surface area contributed by atoms with Crippen LogP contribution in [0, 0.1) is 5.92 Å². The average molecular weight is 581 g/mol. The zero-order valence-corrected chi connectivity index (χ0v) is 24.8. The second kappa shape index (κ2) is 17.3. The number of carbonyl (C=O) groups excluding carboxylic acids is 4. The lowest BCUT2D eigenvalue weighted by Crippen LogP contribution is -2.57. The van der Waals surface area contributed by atoms with E-state index in [1.807, 2.05) is 79.4 Å². The van der Waals surface area contributed by atoms with E-state index in [9.17, 15) is 19.2 Å². The van der Waals surface area contributed by atoms with Crippen molar-refractivity contribution >= 4 is 23.7 Å². The number of carbonyl (C=O) groups is 4. The molecular formula is C32H44N4O6. The van der Waals surface area contributed by atoms with Crippen LogP contribution in [-0.2, 0) is 41.5 Å². The fourth-order valence-corrected chi connectivity index (χ4v) is 4.86. The van der Waals surface area contributed by atoms with Crippen LogP contribution in [0.4, 0.5) is 0 Å². The minimum Gasteiger partial charge on any atom is -0.467 e. The fraction of sp³-hybridized carbons (Fsp3) is 0.500. The number of nitrogens with one attached hydrogen (secondary N) is 3. The van der Waals surface area contributed by atoms with E-state index in [0.717, 1.165) is 11.1 Å². The molecular weight excluding hydrogens is 536 g/mol. The third kappa shape index (κ3) is 11.3. The fourth-order valence-electron chi connectivity index (χ4n) is 4.86. The van der Waals surface area contributed by atoms with Gasteiger partial charge in [0.2, 0.25) is 17.7 Å². The molecule has 3 N–H and O–H groups in total. The van der Waals surface area contributed by atoms with E-state index in [2.05, 4.69) is 16.0 Å². The van der Waals surface area contributed by atoms with Crippen LogP contribution in [0.5, 0.6) is 0 Å². The Kier molecular flexibility index (Phi) is 13.5. The smallest absolute Gasteiger partial charge is 0.328 e. The quantitative estimate of drug-likeness (QED) is 0.275. The highest BCUT2D eigenvalue weighted by molar-refractivity contribution is 5.93. The highest BCUT2D eigenvalue weighted by atomic mass is 16.5. The normalized spacial score (nSPS) is 15.7. The maximum absolute atomic E-state index is 13.6. The largest absolute Gasteiger partial charge is 0.467 e. The third-order valence-corrected chi connectivity index (χ3v) is 7.11. The Labute approximate surface area is 248 Å². The Morgan fingerprint density at radius 1 is 0.810 bits per heavy atom. The zero-order chi connectivity index (χ0) is 30.3. The Morgan fingerprint density at radius 3 is 1.98 bits per heavy atom. The second-order valence-electron chi connectivity index (χ2n) is 11.0. The molecule has 3 atom stereocenters. The van der Waals surface area contributed by atoms with E-state index in [1.54, 1.807) is 0 Å². The van der Waals surface area contributed by atoms with Crippen molar-refractivity contribution in [3.63, 3.8) is 0 Å². The number of benzene rings is 2. The molecule has 3 rings (SSSR count). The van der Waals surface area contributed by atoms with Gasteiger partial charge in [-0.3, -0.25) is 19.3 Å². The standard InChI is InChI=1S/C32H44N4O6/c1-23(2)20-27(31(39)35-28(32(40)41-3)21-25-12-8-5-9-13-25)34-30(38)26(15-14-24-10-6-4-7-11-24)33-29(37)22-36-16-18-42-19-17-36/h4-13,23,26-28H,14-22H2,1-3H3,(H,33,37)(H,34,38)(H,35,39)/t26?,27-,28?/m0/s1. The Hall–Kier alpha value is -3.76. The molecule has 0 spiro atoms. The molecule has 0 aromatic heterocycles. The molecule has 10 heteroatoms. The molecule has 0 saturated carbocycles. The summed E-state index contributed by atoms with van der Waals surface area (Å²) in [6.45, 7) is 6.48. The summed E-state index contributed by atoms with van der Waals surface area (Å²) >= 11 is 0. The number of ether oxygens (including phenoxy) is 2. The molecule has 2 aromatic rings. The number of nitrogens with zero attached hydrogens (tertiary/aromatic N) is 1. The molecule has 228 valence electrons. The number of aryl methyl sites for hydroxylation is 1. The monoisotopic (exact) mass is 580 g/mol. The van der Waals surface area contributed by atoms with Gasteiger partial charge in [-0.05, 0) is 36.3 Å². The summed E-state index contributed by atoms with van der Waals surface area (Å²) in [5.74, 6) is -1.68. The number of morpholine rings is 1. The first-order valence-corrected chi connectivity index (χ1v) is 14.6. The Morgan fingerprint density at radius 2 is 1.38 bits per heavy atom. The Bertz CT molecular complexity index is 1140. The first-order valence-electron chi connectivity index (χ1n) is 14.6. The van der Waals surface area contributed by atoms with E-state index >= 15 is 0 Å². The van der Waals surface area contributed by atoms with Gasteiger partial charge in [0.15, 0.2) is 0 Å². The molecule has 1 aliphatic heterocycles. The van der Waals surface area contributed by atoms with Gasteiger partial charge >= 0.3 is 5.97 Å². The molecule has 0 aliphatic carbocycles. The van der Waals surface area contributed by atoms with Crippen LogP contribution in [0.1, 0.15) is 37.8 Å². The lowest BCUT2D eigenvalue weighted by molar-refractivity contribution is -0.145. The van der Waals surface area contributed by atoms with E-state index < -0.39 is 35.9 Å². The van der Waals surface area contributed by atoms with Gasteiger partial charge in [-0.2, -0.15) is 0 Å². The summed E-state index contributed by atoms with van der Waals surface area (Å²) in [6, 6.07) is 16.4. The predicted octanol–water partition coefficient (Wildman–Crippen LogP) is 1.87. The van der Waals surface area contributed by atoms with Crippen molar-refractivity contribution in [1.82, 2.24) is 20.9 Å². The third-order valence-electron chi connectivity index (χ3n) is 7.11. The van der Waals surface area contributed by atoms with E-state index in [1.165, 1.54) is 7.11 Å². The summed E-state index contributed by atoms with van der Waals surface area (Å²) in [5, 5.41) is 8.55.